The summed E-state index contributed by atoms with van der Waals surface area (Å²) in [7, 11) is -19.9. The second-order valence-electron chi connectivity index (χ2n) is 25.8. The molecular weight excluding hydrogens is 1860 g/mol. The van der Waals surface area contributed by atoms with Crippen molar-refractivity contribution in [3.05, 3.63) is 99.2 Å². The molecule has 756 valence electrons. The van der Waals surface area contributed by atoms with E-state index in [1.54, 1.807) is 6.08 Å². The van der Waals surface area contributed by atoms with Crippen molar-refractivity contribution in [1.82, 2.24) is 0 Å². The van der Waals surface area contributed by atoms with Crippen LogP contribution in [0.1, 0.15) is 188 Å². The van der Waals surface area contributed by atoms with Crippen LogP contribution in [0.3, 0.4) is 0 Å². The zero-order valence-corrected chi connectivity index (χ0v) is 79.3. The molecule has 0 radical (unpaired) electrons. The number of rotatable bonds is 73. The summed E-state index contributed by atoms with van der Waals surface area (Å²) in [6.07, 6.45) is 18.5. The zero-order valence-electron chi connectivity index (χ0n) is 74.8. The molecule has 0 aliphatic carbocycles. The molecule has 0 aliphatic rings. The molecule has 0 bridgehead atoms. The lowest BCUT2D eigenvalue weighted by atomic mass is 10.2. The van der Waals surface area contributed by atoms with Gasteiger partial charge in [-0.1, -0.05) is 84.2 Å². The predicted molar refractivity (Wildman–Crippen MR) is 464 cm³/mol. The van der Waals surface area contributed by atoms with Gasteiger partial charge < -0.3 is 106 Å². The molecule has 131 heavy (non-hydrogen) atoms. The van der Waals surface area contributed by atoms with E-state index in [2.05, 4.69) is 84.9 Å². The normalized spacial score (nSPS) is 11.0. The standard InChI is InChI=1S/C23H41O10P.C15H24O6.C12H21O8P.C12H19O7P.C6H11O6P.C6H8O4.C5H9O6P/c1-4-13-28-17-18-29-14-9-5-6-10-15-32-34(26,27)33-16-11-7-8-12-22(24)30-19-20-31-23(25)21(2)3;1-2-14(18)20-11-8-4-6-10-15(19)21-12-7-3-5-9-13(16)17;1-10(2)12(14)19-9-8-18-11(13)6-4-3-5-7-20-21(15,16)17;1-10(2)12(14)18-9-8-17-11(13)6-4-3-5-7-19-20(15)16;1-5(2)6(7)11-3-4-12-13(8,9)10;1-2-6(9)10-4-3-5(7)8;1-2-5(6)10-3-4-11-12(7,8)9/h4H,1-2,5-20H2,3H3,(H,26,27);2H,1,3-12H2,(H,16,17);1,3-9H2,2H3,(H2,15,16,17);1,3-9H2,2H3;1,3-4H2,2H3,(H2,8,9,10);2H,1,3-4H2,(H,7,8);2H,1,3-4H2,(H2,7,8,9)/p+1. The molecule has 0 aromatic heterocycles. The molecule has 0 amide bonds. The molecule has 0 aromatic rings. The summed E-state index contributed by atoms with van der Waals surface area (Å²) in [5.74, 6) is -7.09. The highest BCUT2D eigenvalue weighted by Gasteiger charge is 2.22. The van der Waals surface area contributed by atoms with Crippen LogP contribution in [0.5, 0.6) is 0 Å². The number of carboxylic acids is 2. The third kappa shape index (κ3) is 123. The molecular formula is C79H134O47P5+. The highest BCUT2D eigenvalue weighted by atomic mass is 31.2. The lowest BCUT2D eigenvalue weighted by Gasteiger charge is -2.12. The number of hydrogen-bond donors (Lipinski definition) is 10. The van der Waals surface area contributed by atoms with Crippen molar-refractivity contribution in [2.75, 3.05) is 139 Å². The maximum atomic E-state index is 11.8. The van der Waals surface area contributed by atoms with Crippen LogP contribution in [0.15, 0.2) is 99.2 Å². The Morgan fingerprint density at radius 1 is 0.282 bits per heavy atom. The van der Waals surface area contributed by atoms with Crippen molar-refractivity contribution in [1.29, 1.82) is 0 Å². The first-order chi connectivity index (χ1) is 61.4. The van der Waals surface area contributed by atoms with Crippen LogP contribution >= 0.6 is 39.5 Å². The van der Waals surface area contributed by atoms with Crippen LogP contribution in [0.2, 0.25) is 0 Å². The smallest absolute Gasteiger partial charge is 0.481 e. The number of ether oxygens (including phenoxy) is 13. The first kappa shape index (κ1) is 135. The average Bonchev–Trinajstić information content (AvgIpc) is 0.898. The fourth-order valence-electron chi connectivity index (χ4n) is 7.53. The topological polar surface area (TPSA) is 685 Å². The van der Waals surface area contributed by atoms with E-state index >= 15 is 0 Å². The Kier molecular flexibility index (Phi) is 95.0. The number of hydrogen-bond acceptors (Lipinski definition) is 37. The largest absolute Gasteiger partial charge is 0.694 e. The van der Waals surface area contributed by atoms with Crippen LogP contribution in [-0.2, 0) is 174 Å². The van der Waals surface area contributed by atoms with Gasteiger partial charge in [-0.3, -0.25) is 51.4 Å². The van der Waals surface area contributed by atoms with E-state index in [-0.39, 0.29) is 160 Å². The minimum Gasteiger partial charge on any atom is -0.481 e. The Bertz CT molecular complexity index is 3540. The van der Waals surface area contributed by atoms with Gasteiger partial charge in [-0.05, 0) is 118 Å². The number of carbonyl (C=O) groups is 13. The van der Waals surface area contributed by atoms with Crippen molar-refractivity contribution >= 4 is 117 Å². The number of phosphoric ester groups is 4. The van der Waals surface area contributed by atoms with Gasteiger partial charge in [-0.2, -0.15) is 0 Å². The minimum absolute atomic E-state index is 0.00831. The Balaban J connectivity index is -0.000000284. The molecule has 0 heterocycles. The van der Waals surface area contributed by atoms with E-state index in [1.165, 1.54) is 27.7 Å². The summed E-state index contributed by atoms with van der Waals surface area (Å²) in [5, 5.41) is 16.5. The van der Waals surface area contributed by atoms with E-state index in [1.807, 2.05) is 0 Å². The van der Waals surface area contributed by atoms with Gasteiger partial charge in [0.15, 0.2) is 0 Å². The Labute approximate surface area is 763 Å². The summed E-state index contributed by atoms with van der Waals surface area (Å²) in [4.78, 5) is 208. The van der Waals surface area contributed by atoms with Gasteiger partial charge in [-0.15, -0.1) is 16.0 Å². The molecule has 0 saturated carbocycles. The average molecular weight is 1990 g/mol. The monoisotopic (exact) mass is 1990 g/mol. The van der Waals surface area contributed by atoms with Crippen molar-refractivity contribution in [3.63, 3.8) is 0 Å². The predicted octanol–water partition coefficient (Wildman–Crippen LogP) is 10.0. The molecule has 47 nitrogen and oxygen atoms in total. The van der Waals surface area contributed by atoms with E-state index in [0.717, 1.165) is 50.3 Å². The molecule has 2 atom stereocenters. The molecule has 2 unspecified atom stereocenters. The number of phosphoric acid groups is 4. The number of carbonyl (C=O) groups excluding carboxylic acids is 11. The van der Waals surface area contributed by atoms with Gasteiger partial charge >= 0.3 is 117 Å². The second kappa shape index (κ2) is 91.9. The summed E-state index contributed by atoms with van der Waals surface area (Å²) in [6, 6.07) is 0. The highest BCUT2D eigenvalue weighted by molar-refractivity contribution is 7.47. The minimum atomic E-state index is -4.46. The van der Waals surface area contributed by atoms with Gasteiger partial charge in [0.1, 0.15) is 66.1 Å². The van der Waals surface area contributed by atoms with E-state index in [0.29, 0.717) is 142 Å². The van der Waals surface area contributed by atoms with Gasteiger partial charge in [-0.25, -0.2) is 51.8 Å². The van der Waals surface area contributed by atoms with Crippen LogP contribution in [0, 0.1) is 0 Å². The molecule has 10 N–H and O–H groups in total. The maximum Gasteiger partial charge on any atom is 0.694 e. The molecule has 0 aliphatic heterocycles. The van der Waals surface area contributed by atoms with Crippen LogP contribution in [-0.4, -0.2) is 266 Å². The van der Waals surface area contributed by atoms with Gasteiger partial charge in [0, 0.05) is 83.8 Å². The molecule has 0 fully saturated rings. The summed E-state index contributed by atoms with van der Waals surface area (Å²) < 4.78 is 142. The van der Waals surface area contributed by atoms with Gasteiger partial charge in [0.25, 0.3) is 0 Å². The SMILES string of the molecule is C=C(C)C(=O)OCCOC(=O)CCCCCOP(=O)(O)O.C=C(C)C(=O)OCCOC(=O)CCCCCO[P+](=O)O.C=C(C)C(=O)OCCOP(=O)(O)O.C=CC(=O)OCCC(=O)O.C=CC(=O)OCCCCCC(=O)OCCCCCC(=O)O.C=CC(=O)OCCOP(=O)(O)O.C=CCOCCOCCCCCCOP(=O)(O)OCCCCCC(=O)OCCOC(=O)C(=C)C. The first-order valence-electron chi connectivity index (χ1n) is 40.5. The molecule has 0 saturated heterocycles. The number of aliphatic carboxylic acids is 2. The molecule has 0 aromatic carbocycles. The third-order valence-corrected chi connectivity index (χ3v) is 16.7. The van der Waals surface area contributed by atoms with E-state index < -0.39 is 105 Å². The quantitative estimate of drug-likeness (QED) is 0.00675. The van der Waals surface area contributed by atoms with Crippen molar-refractivity contribution < 1.29 is 223 Å². The molecule has 52 heteroatoms. The van der Waals surface area contributed by atoms with Gasteiger partial charge in [0.05, 0.1) is 72.5 Å². The Hall–Kier alpha value is -8.59. The fourth-order valence-corrected chi connectivity index (χ4v) is 9.60. The Morgan fingerprint density at radius 3 is 0.855 bits per heavy atom. The highest BCUT2D eigenvalue weighted by Crippen LogP contribution is 2.43. The number of carboxylic acid groups (broad SMARTS) is 2. The summed E-state index contributed by atoms with van der Waals surface area (Å²) in [5.41, 5.74) is 1.07. The van der Waals surface area contributed by atoms with Gasteiger partial charge in [0.2, 0.25) is 0 Å². The van der Waals surface area contributed by atoms with Crippen LogP contribution < -0.4 is 0 Å². The summed E-state index contributed by atoms with van der Waals surface area (Å²) >= 11 is 0. The van der Waals surface area contributed by atoms with E-state index in [9.17, 15) is 90.0 Å². The fraction of sp³-hybridized carbons (Fsp3) is 0.633. The molecule has 0 rings (SSSR count). The lowest BCUT2D eigenvalue weighted by Crippen LogP contribution is -2.14. The molecule has 0 spiro atoms. The van der Waals surface area contributed by atoms with Crippen molar-refractivity contribution in [3.8, 4) is 0 Å². The zero-order chi connectivity index (χ0) is 101. The lowest BCUT2D eigenvalue weighted by molar-refractivity contribution is -0.150. The number of esters is 11. The second-order valence-corrected chi connectivity index (χ2v) is 31.7. The van der Waals surface area contributed by atoms with Crippen molar-refractivity contribution in [2.24, 2.45) is 0 Å². The summed E-state index contributed by atoms with van der Waals surface area (Å²) in [6.45, 7) is 34.8. The van der Waals surface area contributed by atoms with Crippen LogP contribution in [0.4, 0.5) is 0 Å². The third-order valence-electron chi connectivity index (χ3n) is 13.8. The van der Waals surface area contributed by atoms with E-state index in [4.69, 9.17) is 101 Å². The van der Waals surface area contributed by atoms with Crippen molar-refractivity contribution in [2.45, 2.75) is 188 Å². The maximum absolute atomic E-state index is 11.8. The Morgan fingerprint density at radius 2 is 0.534 bits per heavy atom. The number of unbranched alkanes of at least 4 members (excludes halogenated alkanes) is 13. The first-order valence-corrected chi connectivity index (χ1v) is 47.7. The van der Waals surface area contributed by atoms with Crippen LogP contribution in [0.25, 0.3) is 0 Å².